The highest BCUT2D eigenvalue weighted by atomic mass is 19.4. The molecule has 0 spiro atoms. The van der Waals surface area contributed by atoms with Crippen molar-refractivity contribution in [2.24, 2.45) is 5.73 Å². The molecular formula is C29H29F3N6O3. The standard InChI is InChI=1S/C29H29F3N6O3/c1-17-7-5-6-8-22(17)36-26-23(25(33)39)24(37-38(26)28(2,3)4)18-9-11-19(12-10-18)34-27(40)35-20-13-15-21(16-14-20)41-29(30,31)32/h5-16,36H,1-4H3,(H2,33,39)(H2,34,35,40). The molecule has 5 N–H and O–H groups in total. The van der Waals surface area contributed by atoms with E-state index in [1.54, 1.807) is 28.9 Å². The Morgan fingerprint density at radius 3 is 1.95 bits per heavy atom. The van der Waals surface area contributed by atoms with Crippen molar-refractivity contribution in [2.75, 3.05) is 16.0 Å². The number of alkyl halides is 3. The lowest BCUT2D eigenvalue weighted by Gasteiger charge is -2.23. The number of hydrogen-bond acceptors (Lipinski definition) is 5. The number of benzene rings is 3. The SMILES string of the molecule is Cc1ccccc1Nc1c(C(N)=O)c(-c2ccc(NC(=O)Nc3ccc(OC(F)(F)F)cc3)cc2)nn1C(C)(C)C. The summed E-state index contributed by atoms with van der Waals surface area (Å²) in [5.74, 6) is -0.595. The van der Waals surface area contributed by atoms with Gasteiger partial charge in [0.1, 0.15) is 22.8 Å². The first-order valence-electron chi connectivity index (χ1n) is 12.5. The molecule has 214 valence electrons. The average molecular weight is 567 g/mol. The van der Waals surface area contributed by atoms with Crippen molar-refractivity contribution in [1.82, 2.24) is 9.78 Å². The molecule has 0 bridgehead atoms. The van der Waals surface area contributed by atoms with Crippen LogP contribution in [-0.2, 0) is 5.54 Å². The number of primary amides is 1. The molecule has 41 heavy (non-hydrogen) atoms. The van der Waals surface area contributed by atoms with Gasteiger partial charge < -0.3 is 26.4 Å². The number of hydrogen-bond donors (Lipinski definition) is 4. The maximum atomic E-state index is 12.7. The highest BCUT2D eigenvalue weighted by Gasteiger charge is 2.31. The van der Waals surface area contributed by atoms with Crippen LogP contribution < -0.4 is 26.4 Å². The molecular weight excluding hydrogens is 537 g/mol. The van der Waals surface area contributed by atoms with Gasteiger partial charge in [0.15, 0.2) is 0 Å². The number of carbonyl (C=O) groups is 2. The van der Waals surface area contributed by atoms with E-state index in [9.17, 15) is 22.8 Å². The number of amides is 3. The van der Waals surface area contributed by atoms with Crippen LogP contribution in [-0.4, -0.2) is 28.1 Å². The van der Waals surface area contributed by atoms with Crippen LogP contribution in [0.5, 0.6) is 5.75 Å². The normalized spacial score (nSPS) is 11.6. The number of aryl methyl sites for hydroxylation is 1. The number of carbonyl (C=O) groups excluding carboxylic acids is 2. The largest absolute Gasteiger partial charge is 0.573 e. The molecule has 1 aromatic heterocycles. The molecule has 12 heteroatoms. The third-order valence-corrected chi connectivity index (χ3v) is 5.93. The molecule has 3 aromatic carbocycles. The van der Waals surface area contributed by atoms with Crippen LogP contribution in [0.15, 0.2) is 72.8 Å². The Hall–Kier alpha value is -5.00. The third kappa shape index (κ3) is 7.15. The summed E-state index contributed by atoms with van der Waals surface area (Å²) in [4.78, 5) is 25.1. The van der Waals surface area contributed by atoms with E-state index in [-0.39, 0.29) is 11.3 Å². The fraction of sp³-hybridized carbons (Fsp3) is 0.207. The summed E-state index contributed by atoms with van der Waals surface area (Å²) in [6.45, 7) is 7.82. The number of ether oxygens (including phenoxy) is 1. The van der Waals surface area contributed by atoms with Gasteiger partial charge in [0, 0.05) is 22.6 Å². The highest BCUT2D eigenvalue weighted by molar-refractivity contribution is 6.05. The summed E-state index contributed by atoms with van der Waals surface area (Å²) in [6, 6.07) is 18.4. The molecule has 4 rings (SSSR count). The van der Waals surface area contributed by atoms with E-state index in [4.69, 9.17) is 10.8 Å². The second-order valence-electron chi connectivity index (χ2n) is 10.2. The number of anilines is 4. The van der Waals surface area contributed by atoms with Crippen molar-refractivity contribution >= 4 is 34.8 Å². The van der Waals surface area contributed by atoms with E-state index >= 15 is 0 Å². The fourth-order valence-corrected chi connectivity index (χ4v) is 4.04. The molecule has 0 aliphatic rings. The van der Waals surface area contributed by atoms with Crippen LogP contribution in [0.25, 0.3) is 11.3 Å². The predicted octanol–water partition coefficient (Wildman–Crippen LogP) is 7.00. The van der Waals surface area contributed by atoms with Crippen LogP contribution >= 0.6 is 0 Å². The smallest absolute Gasteiger partial charge is 0.406 e. The zero-order chi connectivity index (χ0) is 29.9. The van der Waals surface area contributed by atoms with Crippen LogP contribution in [0.2, 0.25) is 0 Å². The fourth-order valence-electron chi connectivity index (χ4n) is 4.04. The Bertz CT molecular complexity index is 1560. The van der Waals surface area contributed by atoms with E-state index in [2.05, 4.69) is 20.7 Å². The quantitative estimate of drug-likeness (QED) is 0.192. The minimum atomic E-state index is -4.80. The molecule has 0 aliphatic carbocycles. The Morgan fingerprint density at radius 2 is 1.44 bits per heavy atom. The maximum absolute atomic E-state index is 12.7. The van der Waals surface area contributed by atoms with Crippen LogP contribution in [0.4, 0.5) is 40.8 Å². The van der Waals surface area contributed by atoms with Crippen molar-refractivity contribution < 1.29 is 27.5 Å². The number of nitrogens with zero attached hydrogens (tertiary/aromatic N) is 2. The van der Waals surface area contributed by atoms with Crippen LogP contribution in [0, 0.1) is 6.92 Å². The van der Waals surface area contributed by atoms with Crippen molar-refractivity contribution in [3.05, 3.63) is 83.9 Å². The molecule has 3 amide bonds. The zero-order valence-corrected chi connectivity index (χ0v) is 22.8. The summed E-state index contributed by atoms with van der Waals surface area (Å²) >= 11 is 0. The van der Waals surface area contributed by atoms with Crippen molar-refractivity contribution in [3.63, 3.8) is 0 Å². The molecule has 4 aromatic rings. The lowest BCUT2D eigenvalue weighted by molar-refractivity contribution is -0.274. The summed E-state index contributed by atoms with van der Waals surface area (Å²) < 4.78 is 42.6. The molecule has 0 atom stereocenters. The predicted molar refractivity (Wildman–Crippen MR) is 151 cm³/mol. The van der Waals surface area contributed by atoms with Gasteiger partial charge in [0.05, 0.1) is 5.54 Å². The van der Waals surface area contributed by atoms with E-state index in [1.807, 2.05) is 52.0 Å². The molecule has 0 fully saturated rings. The number of halogens is 3. The van der Waals surface area contributed by atoms with Gasteiger partial charge in [-0.1, -0.05) is 30.3 Å². The second-order valence-corrected chi connectivity index (χ2v) is 10.2. The van der Waals surface area contributed by atoms with E-state index in [1.165, 1.54) is 12.1 Å². The maximum Gasteiger partial charge on any atom is 0.573 e. The van der Waals surface area contributed by atoms with Gasteiger partial charge in [-0.05, 0) is 75.7 Å². The summed E-state index contributed by atoms with van der Waals surface area (Å²) in [7, 11) is 0. The second kappa shape index (κ2) is 11.2. The number of aromatic nitrogens is 2. The van der Waals surface area contributed by atoms with E-state index in [0.29, 0.717) is 22.8 Å². The topological polar surface area (TPSA) is 123 Å². The van der Waals surface area contributed by atoms with Gasteiger partial charge in [-0.3, -0.25) is 4.79 Å². The Balaban J connectivity index is 1.56. The van der Waals surface area contributed by atoms with Gasteiger partial charge in [0.25, 0.3) is 5.91 Å². The van der Waals surface area contributed by atoms with Crippen molar-refractivity contribution in [3.8, 4) is 17.0 Å². The minimum absolute atomic E-state index is 0.222. The van der Waals surface area contributed by atoms with Crippen LogP contribution in [0.1, 0.15) is 36.7 Å². The number of urea groups is 1. The first kappa shape index (κ1) is 29.0. The molecule has 0 radical (unpaired) electrons. The molecule has 0 aliphatic heterocycles. The Kier molecular flexibility index (Phi) is 7.95. The molecule has 0 unspecified atom stereocenters. The first-order valence-corrected chi connectivity index (χ1v) is 12.5. The molecule has 9 nitrogen and oxygen atoms in total. The van der Waals surface area contributed by atoms with Gasteiger partial charge in [-0.2, -0.15) is 5.10 Å². The number of nitrogens with two attached hydrogens (primary N) is 1. The number of rotatable bonds is 7. The highest BCUT2D eigenvalue weighted by Crippen LogP contribution is 2.35. The minimum Gasteiger partial charge on any atom is -0.406 e. The first-order chi connectivity index (χ1) is 19.2. The summed E-state index contributed by atoms with van der Waals surface area (Å²) in [5.41, 5.74) is 9.02. The van der Waals surface area contributed by atoms with Gasteiger partial charge in [-0.15, -0.1) is 13.2 Å². The third-order valence-electron chi connectivity index (χ3n) is 5.93. The molecule has 0 saturated carbocycles. The average Bonchev–Trinajstić information content (AvgIpc) is 3.26. The molecule has 0 saturated heterocycles. The lowest BCUT2D eigenvalue weighted by atomic mass is 10.1. The van der Waals surface area contributed by atoms with Crippen molar-refractivity contribution in [2.45, 2.75) is 39.6 Å². The Morgan fingerprint density at radius 1 is 0.878 bits per heavy atom. The van der Waals surface area contributed by atoms with Gasteiger partial charge in [-0.25, -0.2) is 9.48 Å². The van der Waals surface area contributed by atoms with Crippen molar-refractivity contribution in [1.29, 1.82) is 0 Å². The van der Waals surface area contributed by atoms with Crippen LogP contribution in [0.3, 0.4) is 0 Å². The number of para-hydroxylation sites is 1. The van der Waals surface area contributed by atoms with Gasteiger partial charge >= 0.3 is 12.4 Å². The summed E-state index contributed by atoms with van der Waals surface area (Å²) in [6.07, 6.45) is -4.80. The zero-order valence-electron chi connectivity index (χ0n) is 22.8. The lowest BCUT2D eigenvalue weighted by Crippen LogP contribution is -2.25. The summed E-state index contributed by atoms with van der Waals surface area (Å²) in [5, 5.41) is 13.3. The monoisotopic (exact) mass is 566 g/mol. The van der Waals surface area contributed by atoms with E-state index < -0.39 is 29.6 Å². The van der Waals surface area contributed by atoms with Gasteiger partial charge in [0.2, 0.25) is 0 Å². The van der Waals surface area contributed by atoms with E-state index in [0.717, 1.165) is 23.4 Å². The molecule has 1 heterocycles. The number of nitrogens with one attached hydrogen (secondary N) is 3. The Labute approximate surface area is 234 Å².